The highest BCUT2D eigenvalue weighted by Gasteiger charge is 2.40. The maximum Gasteiger partial charge on any atom is 0.140 e. The summed E-state index contributed by atoms with van der Waals surface area (Å²) in [7, 11) is 0. The third kappa shape index (κ3) is 5.36. The second-order valence-electron chi connectivity index (χ2n) is 9.00. The van der Waals surface area contributed by atoms with Gasteiger partial charge >= 0.3 is 0 Å². The van der Waals surface area contributed by atoms with Crippen molar-refractivity contribution in [2.75, 3.05) is 0 Å². The van der Waals surface area contributed by atoms with Gasteiger partial charge in [0.2, 0.25) is 0 Å². The molecule has 160 valence electrons. The Morgan fingerprint density at radius 2 is 2.00 bits per heavy atom. The van der Waals surface area contributed by atoms with Crippen LogP contribution in [0.5, 0.6) is 0 Å². The minimum Gasteiger partial charge on any atom is -0.299 e. The predicted octanol–water partition coefficient (Wildman–Crippen LogP) is 5.57. The molecule has 1 fully saturated rings. The molecular weight excluding hydrogens is 372 g/mol. The number of unbranched alkanes of at least 4 members (excludes halogenated alkanes) is 1. The summed E-state index contributed by atoms with van der Waals surface area (Å²) < 4.78 is 1.72. The van der Waals surface area contributed by atoms with Crippen LogP contribution in [0.4, 0.5) is 0 Å². The smallest absolute Gasteiger partial charge is 0.140 e. The van der Waals surface area contributed by atoms with Gasteiger partial charge in [-0.25, -0.2) is 4.68 Å². The highest BCUT2D eigenvalue weighted by molar-refractivity contribution is 5.82. The third-order valence-electron chi connectivity index (χ3n) is 6.71. The van der Waals surface area contributed by atoms with E-state index in [1.807, 2.05) is 36.5 Å². The summed E-state index contributed by atoms with van der Waals surface area (Å²) in [5.74, 6) is 0.666. The summed E-state index contributed by atoms with van der Waals surface area (Å²) in [4.78, 5) is 13.1. The molecule has 5 nitrogen and oxygen atoms in total. The van der Waals surface area contributed by atoms with Gasteiger partial charge in [-0.05, 0) is 30.7 Å². The molecule has 0 aliphatic heterocycles. The Morgan fingerprint density at radius 1 is 1.27 bits per heavy atom. The molecule has 1 heterocycles. The summed E-state index contributed by atoms with van der Waals surface area (Å²) in [6.07, 6.45) is 11.6. The first kappa shape index (κ1) is 22.2. The zero-order valence-electron chi connectivity index (χ0n) is 18.4. The Morgan fingerprint density at radius 3 is 2.67 bits per heavy atom. The second kappa shape index (κ2) is 10.5. The fraction of sp³-hybridized carbons (Fsp3) is 0.600. The maximum atomic E-state index is 13.1. The molecule has 2 atom stereocenters. The Hall–Kier alpha value is -2.48. The monoisotopic (exact) mass is 406 g/mol. The van der Waals surface area contributed by atoms with Crippen molar-refractivity contribution >= 4 is 5.78 Å². The van der Waals surface area contributed by atoms with Gasteiger partial charge in [0.25, 0.3) is 0 Å². The number of aromatic nitrogens is 3. The molecule has 0 N–H and O–H groups in total. The number of Topliss-reactive ketones (excluding diaryl/α,β-unsaturated/α-hetero) is 1. The number of nitriles is 1. The van der Waals surface area contributed by atoms with Crippen molar-refractivity contribution in [1.29, 1.82) is 5.26 Å². The van der Waals surface area contributed by atoms with Crippen LogP contribution in [0.2, 0.25) is 0 Å². The molecule has 2 aromatic rings. The van der Waals surface area contributed by atoms with Gasteiger partial charge in [-0.1, -0.05) is 81.5 Å². The number of nitrogens with zero attached hydrogens (tertiary/aromatic N) is 4. The molecule has 0 spiro atoms. The highest BCUT2D eigenvalue weighted by Crippen LogP contribution is 2.43. The zero-order chi connectivity index (χ0) is 21.4. The predicted molar refractivity (Wildman–Crippen MR) is 118 cm³/mol. The van der Waals surface area contributed by atoms with Crippen molar-refractivity contribution in [2.45, 2.75) is 89.5 Å². The molecule has 0 radical (unpaired) electrons. The van der Waals surface area contributed by atoms with Gasteiger partial charge in [0.1, 0.15) is 11.8 Å². The fourth-order valence-electron chi connectivity index (χ4n) is 4.82. The number of benzene rings is 1. The van der Waals surface area contributed by atoms with E-state index in [0.717, 1.165) is 43.4 Å². The van der Waals surface area contributed by atoms with Gasteiger partial charge in [-0.3, -0.25) is 4.79 Å². The van der Waals surface area contributed by atoms with Crippen molar-refractivity contribution in [1.82, 2.24) is 15.0 Å². The Kier molecular flexibility index (Phi) is 7.79. The molecule has 0 amide bonds. The molecule has 0 bridgehead atoms. The molecule has 1 aliphatic carbocycles. The van der Waals surface area contributed by atoms with E-state index in [0.29, 0.717) is 18.8 Å². The first-order valence-corrected chi connectivity index (χ1v) is 11.4. The number of rotatable bonds is 10. The summed E-state index contributed by atoms with van der Waals surface area (Å²) in [6.45, 7) is 4.31. The lowest BCUT2D eigenvalue weighted by Crippen LogP contribution is -2.37. The van der Waals surface area contributed by atoms with Crippen LogP contribution in [0.3, 0.4) is 0 Å². The van der Waals surface area contributed by atoms with Crippen LogP contribution in [0, 0.1) is 17.2 Å². The maximum absolute atomic E-state index is 13.1. The first-order valence-electron chi connectivity index (χ1n) is 11.4. The minimum atomic E-state index is -0.338. The fourth-order valence-corrected chi connectivity index (χ4v) is 4.82. The second-order valence-corrected chi connectivity index (χ2v) is 9.00. The Bertz CT molecular complexity index is 848. The lowest BCUT2D eigenvalue weighted by molar-refractivity contribution is -0.120. The lowest BCUT2D eigenvalue weighted by atomic mass is 9.65. The number of carbonyl (C=O) groups is 1. The average Bonchev–Trinajstić information content (AvgIpc) is 3.26. The standard InChI is InChI=1S/C25H34N4O/c1-3-4-15-22(18-26)29-19-24(27-28-29)25(2,21-13-9-6-10-14-21)17-23(30)16-20-11-7-5-8-12-20/h5,7-8,11-12,19,21-22H,3-4,6,9-10,13-17H2,1-2H3/t22-,25-/m0/s1. The van der Waals surface area contributed by atoms with Crippen LogP contribution < -0.4 is 0 Å². The topological polar surface area (TPSA) is 71.6 Å². The number of hydrogen-bond acceptors (Lipinski definition) is 4. The van der Waals surface area contributed by atoms with Gasteiger partial charge in [0.05, 0.1) is 18.0 Å². The van der Waals surface area contributed by atoms with Crippen LogP contribution in [0.1, 0.15) is 88.9 Å². The van der Waals surface area contributed by atoms with Crippen LogP contribution in [-0.2, 0) is 16.6 Å². The van der Waals surface area contributed by atoms with Crippen molar-refractivity contribution in [3.8, 4) is 6.07 Å². The van der Waals surface area contributed by atoms with Crippen molar-refractivity contribution < 1.29 is 4.79 Å². The number of hydrogen-bond donors (Lipinski definition) is 0. The molecule has 30 heavy (non-hydrogen) atoms. The lowest BCUT2D eigenvalue weighted by Gasteiger charge is -2.38. The van der Waals surface area contributed by atoms with Gasteiger partial charge in [-0.2, -0.15) is 5.26 Å². The summed E-state index contributed by atoms with van der Waals surface area (Å²) in [5, 5.41) is 18.4. The minimum absolute atomic E-state index is 0.242. The highest BCUT2D eigenvalue weighted by atomic mass is 16.1. The van der Waals surface area contributed by atoms with Crippen molar-refractivity contribution in [3.63, 3.8) is 0 Å². The van der Waals surface area contributed by atoms with Crippen molar-refractivity contribution in [3.05, 3.63) is 47.8 Å². The van der Waals surface area contributed by atoms with Gasteiger partial charge in [0.15, 0.2) is 0 Å². The van der Waals surface area contributed by atoms with E-state index in [1.54, 1.807) is 4.68 Å². The average molecular weight is 407 g/mol. The molecule has 1 saturated carbocycles. The number of carbonyl (C=O) groups excluding carboxylic acids is 1. The molecule has 3 rings (SSSR count). The normalized spacial score (nSPS) is 17.8. The van der Waals surface area contributed by atoms with E-state index in [9.17, 15) is 10.1 Å². The molecule has 1 aromatic heterocycles. The van der Waals surface area contributed by atoms with Crippen molar-refractivity contribution in [2.24, 2.45) is 5.92 Å². The first-order chi connectivity index (χ1) is 14.6. The quantitative estimate of drug-likeness (QED) is 0.517. The molecule has 5 heteroatoms. The van der Waals surface area contributed by atoms with Crippen LogP contribution >= 0.6 is 0 Å². The molecular formula is C25H34N4O. The van der Waals surface area contributed by atoms with Crippen LogP contribution in [-0.4, -0.2) is 20.8 Å². The summed E-state index contributed by atoms with van der Waals surface area (Å²) in [5.41, 5.74) is 1.59. The Balaban J connectivity index is 1.83. The van der Waals surface area contributed by atoms with Gasteiger partial charge < -0.3 is 0 Å². The van der Waals surface area contributed by atoms with Gasteiger partial charge in [-0.15, -0.1) is 5.10 Å². The van der Waals surface area contributed by atoms with Crippen LogP contribution in [0.25, 0.3) is 0 Å². The SMILES string of the molecule is CCCC[C@@H](C#N)n1cc([C@@](C)(CC(=O)Cc2ccccc2)C2CCCCC2)nn1. The van der Waals surface area contributed by atoms with E-state index >= 15 is 0 Å². The molecule has 0 unspecified atom stereocenters. The van der Waals surface area contributed by atoms with Crippen LogP contribution in [0.15, 0.2) is 36.5 Å². The van der Waals surface area contributed by atoms with E-state index < -0.39 is 0 Å². The van der Waals surface area contributed by atoms with E-state index in [-0.39, 0.29) is 17.2 Å². The van der Waals surface area contributed by atoms with E-state index in [4.69, 9.17) is 0 Å². The molecule has 1 aliphatic rings. The molecule has 1 aromatic carbocycles. The Labute approximate surface area is 180 Å². The summed E-state index contributed by atoms with van der Waals surface area (Å²) in [6, 6.07) is 12.0. The van der Waals surface area contributed by atoms with E-state index in [2.05, 4.69) is 30.2 Å². The number of ketones is 1. The molecule has 0 saturated heterocycles. The van der Waals surface area contributed by atoms with Gasteiger partial charge in [0, 0.05) is 18.3 Å². The van der Waals surface area contributed by atoms with E-state index in [1.165, 1.54) is 19.3 Å². The third-order valence-corrected chi connectivity index (χ3v) is 6.71. The zero-order valence-corrected chi connectivity index (χ0v) is 18.4. The summed E-state index contributed by atoms with van der Waals surface area (Å²) >= 11 is 0. The largest absolute Gasteiger partial charge is 0.299 e.